The van der Waals surface area contributed by atoms with E-state index in [0.29, 0.717) is 30.0 Å². The van der Waals surface area contributed by atoms with Crippen molar-refractivity contribution in [2.75, 3.05) is 35.8 Å². The van der Waals surface area contributed by atoms with Crippen molar-refractivity contribution < 1.29 is 4.74 Å². The zero-order valence-corrected chi connectivity index (χ0v) is 12.4. The molecule has 116 valence electrons. The molecule has 1 aliphatic heterocycles. The van der Waals surface area contributed by atoms with Crippen molar-refractivity contribution in [3.05, 3.63) is 0 Å². The Hall–Kier alpha value is -1.67. The molecule has 8 heteroatoms. The minimum atomic E-state index is 0.328. The molecule has 1 aliphatic carbocycles. The molecule has 0 amide bonds. The van der Waals surface area contributed by atoms with Crippen LogP contribution in [-0.2, 0) is 4.74 Å². The van der Waals surface area contributed by atoms with Crippen LogP contribution in [0.2, 0.25) is 0 Å². The molecular formula is C13H23N7O. The Bertz CT molecular complexity index is 478. The molecule has 1 aromatic rings. The summed E-state index contributed by atoms with van der Waals surface area (Å²) in [6.45, 7) is 1.98. The molecule has 0 bridgehead atoms. The summed E-state index contributed by atoms with van der Waals surface area (Å²) in [7, 11) is 1.76. The largest absolute Gasteiger partial charge is 0.381 e. The van der Waals surface area contributed by atoms with E-state index in [4.69, 9.17) is 10.6 Å². The third-order valence-electron chi connectivity index (χ3n) is 4.19. The van der Waals surface area contributed by atoms with Crippen molar-refractivity contribution in [1.29, 1.82) is 0 Å². The number of hydrogen-bond acceptors (Lipinski definition) is 8. The van der Waals surface area contributed by atoms with E-state index in [1.165, 1.54) is 12.8 Å². The molecule has 1 aromatic heterocycles. The van der Waals surface area contributed by atoms with Crippen LogP contribution in [0.1, 0.15) is 32.1 Å². The standard InChI is InChI=1S/C13H23N7O/c1-21-10-5-4-9(8-10)15-11-16-12(19-14)18-13(17-11)20-6-2-3-7-20/h9-10H,2-8,14H2,1H3,(H2,15,16,17,18,19). The summed E-state index contributed by atoms with van der Waals surface area (Å²) in [5.74, 6) is 7.15. The Labute approximate surface area is 124 Å². The fourth-order valence-corrected chi connectivity index (χ4v) is 3.02. The van der Waals surface area contributed by atoms with Gasteiger partial charge in [-0.05, 0) is 32.1 Å². The highest BCUT2D eigenvalue weighted by Gasteiger charge is 2.25. The van der Waals surface area contributed by atoms with Crippen molar-refractivity contribution >= 4 is 17.8 Å². The highest BCUT2D eigenvalue weighted by atomic mass is 16.5. The summed E-state index contributed by atoms with van der Waals surface area (Å²) in [5.41, 5.74) is 2.52. The average molecular weight is 293 g/mol. The van der Waals surface area contributed by atoms with Gasteiger partial charge in [0.25, 0.3) is 0 Å². The number of aromatic nitrogens is 3. The molecule has 3 rings (SSSR count). The van der Waals surface area contributed by atoms with E-state index in [-0.39, 0.29) is 0 Å². The van der Waals surface area contributed by atoms with E-state index in [1.54, 1.807) is 7.11 Å². The van der Waals surface area contributed by atoms with Crippen molar-refractivity contribution in [3.8, 4) is 0 Å². The first-order chi connectivity index (χ1) is 10.3. The highest BCUT2D eigenvalue weighted by Crippen LogP contribution is 2.25. The highest BCUT2D eigenvalue weighted by molar-refractivity contribution is 5.44. The molecule has 0 spiro atoms. The van der Waals surface area contributed by atoms with Crippen molar-refractivity contribution in [1.82, 2.24) is 15.0 Å². The second-order valence-corrected chi connectivity index (χ2v) is 5.63. The van der Waals surface area contributed by atoms with E-state index in [1.807, 2.05) is 0 Å². The van der Waals surface area contributed by atoms with E-state index in [9.17, 15) is 0 Å². The van der Waals surface area contributed by atoms with Crippen LogP contribution in [0.4, 0.5) is 17.8 Å². The van der Waals surface area contributed by atoms with E-state index >= 15 is 0 Å². The summed E-state index contributed by atoms with van der Waals surface area (Å²) >= 11 is 0. The molecule has 4 N–H and O–H groups in total. The minimum absolute atomic E-state index is 0.328. The van der Waals surface area contributed by atoms with Crippen molar-refractivity contribution in [2.45, 2.75) is 44.2 Å². The zero-order valence-electron chi connectivity index (χ0n) is 12.4. The van der Waals surface area contributed by atoms with Gasteiger partial charge in [0.1, 0.15) is 0 Å². The lowest BCUT2D eigenvalue weighted by Crippen LogP contribution is -2.25. The van der Waals surface area contributed by atoms with E-state index in [0.717, 1.165) is 32.4 Å². The quantitative estimate of drug-likeness (QED) is 0.540. The number of methoxy groups -OCH3 is 1. The maximum Gasteiger partial charge on any atom is 0.243 e. The molecule has 0 radical (unpaired) electrons. The first-order valence-corrected chi connectivity index (χ1v) is 7.55. The number of hydrogen-bond donors (Lipinski definition) is 3. The van der Waals surface area contributed by atoms with Gasteiger partial charge in [0.2, 0.25) is 17.8 Å². The normalized spacial score (nSPS) is 25.3. The minimum Gasteiger partial charge on any atom is -0.381 e. The van der Waals surface area contributed by atoms with Crippen LogP contribution in [0, 0.1) is 0 Å². The fourth-order valence-electron chi connectivity index (χ4n) is 3.02. The Morgan fingerprint density at radius 2 is 1.90 bits per heavy atom. The predicted molar refractivity (Wildman–Crippen MR) is 81.1 cm³/mol. The molecular weight excluding hydrogens is 270 g/mol. The zero-order chi connectivity index (χ0) is 14.7. The Kier molecular flexibility index (Phi) is 4.35. The number of nitrogens with zero attached hydrogens (tertiary/aromatic N) is 4. The Morgan fingerprint density at radius 3 is 2.57 bits per heavy atom. The van der Waals surface area contributed by atoms with Crippen LogP contribution in [-0.4, -0.2) is 47.3 Å². The molecule has 2 fully saturated rings. The molecule has 0 aromatic carbocycles. The molecule has 2 aliphatic rings. The van der Waals surface area contributed by atoms with Crippen molar-refractivity contribution in [2.24, 2.45) is 5.84 Å². The van der Waals surface area contributed by atoms with E-state index < -0.39 is 0 Å². The lowest BCUT2D eigenvalue weighted by molar-refractivity contribution is 0.108. The van der Waals surface area contributed by atoms with Gasteiger partial charge in [-0.2, -0.15) is 15.0 Å². The maximum atomic E-state index is 5.47. The Morgan fingerprint density at radius 1 is 1.14 bits per heavy atom. The van der Waals surface area contributed by atoms with E-state index in [2.05, 4.69) is 30.6 Å². The van der Waals surface area contributed by atoms with Crippen LogP contribution in [0.3, 0.4) is 0 Å². The van der Waals surface area contributed by atoms with Gasteiger partial charge in [-0.25, -0.2) is 5.84 Å². The number of nitrogens with one attached hydrogen (secondary N) is 2. The second kappa shape index (κ2) is 6.40. The lowest BCUT2D eigenvalue weighted by Gasteiger charge is -2.18. The van der Waals surface area contributed by atoms with Crippen LogP contribution in [0.5, 0.6) is 0 Å². The number of rotatable bonds is 5. The fraction of sp³-hybridized carbons (Fsp3) is 0.769. The lowest BCUT2D eigenvalue weighted by atomic mass is 10.2. The monoisotopic (exact) mass is 293 g/mol. The number of hydrazine groups is 1. The summed E-state index contributed by atoms with van der Waals surface area (Å²) in [4.78, 5) is 15.3. The van der Waals surface area contributed by atoms with Gasteiger partial charge in [0.15, 0.2) is 0 Å². The molecule has 1 saturated heterocycles. The van der Waals surface area contributed by atoms with Gasteiger partial charge in [0.05, 0.1) is 6.10 Å². The van der Waals surface area contributed by atoms with Crippen LogP contribution in [0.25, 0.3) is 0 Å². The predicted octanol–water partition coefficient (Wildman–Crippen LogP) is 0.737. The molecule has 2 atom stereocenters. The Balaban J connectivity index is 1.73. The third-order valence-corrected chi connectivity index (χ3v) is 4.19. The number of nitrogens with two attached hydrogens (primary N) is 1. The third kappa shape index (κ3) is 3.33. The van der Waals surface area contributed by atoms with Gasteiger partial charge in [-0.3, -0.25) is 5.43 Å². The van der Waals surface area contributed by atoms with Gasteiger partial charge >= 0.3 is 0 Å². The van der Waals surface area contributed by atoms with Crippen LogP contribution in [0.15, 0.2) is 0 Å². The number of nitrogen functional groups attached to an aromatic ring is 1. The number of anilines is 3. The summed E-state index contributed by atoms with van der Waals surface area (Å²) in [6.07, 6.45) is 5.80. The average Bonchev–Trinajstić information content (AvgIpc) is 3.18. The van der Waals surface area contributed by atoms with Gasteiger partial charge in [-0.15, -0.1) is 0 Å². The van der Waals surface area contributed by atoms with Gasteiger partial charge in [0, 0.05) is 26.2 Å². The molecule has 21 heavy (non-hydrogen) atoms. The molecule has 2 heterocycles. The summed E-state index contributed by atoms with van der Waals surface area (Å²) in [6, 6.07) is 0.342. The van der Waals surface area contributed by atoms with Crippen LogP contribution >= 0.6 is 0 Å². The van der Waals surface area contributed by atoms with Gasteiger partial charge in [-0.1, -0.05) is 0 Å². The first-order valence-electron chi connectivity index (χ1n) is 7.55. The van der Waals surface area contributed by atoms with Crippen molar-refractivity contribution in [3.63, 3.8) is 0 Å². The maximum absolute atomic E-state index is 5.47. The van der Waals surface area contributed by atoms with Crippen LogP contribution < -0.4 is 21.5 Å². The topological polar surface area (TPSA) is 101 Å². The molecule has 1 saturated carbocycles. The smallest absolute Gasteiger partial charge is 0.243 e. The SMILES string of the molecule is COC1CCC(Nc2nc(NN)nc(N3CCCC3)n2)C1. The first kappa shape index (κ1) is 14.3. The van der Waals surface area contributed by atoms with Gasteiger partial charge < -0.3 is 15.0 Å². The summed E-state index contributed by atoms with van der Waals surface area (Å²) in [5, 5.41) is 3.38. The molecule has 8 nitrogen and oxygen atoms in total. The number of ether oxygens (including phenoxy) is 1. The second-order valence-electron chi connectivity index (χ2n) is 5.63. The molecule has 2 unspecified atom stereocenters. The summed E-state index contributed by atoms with van der Waals surface area (Å²) < 4.78 is 5.40.